The lowest BCUT2D eigenvalue weighted by molar-refractivity contribution is -0.148. The van der Waals surface area contributed by atoms with Gasteiger partial charge in [0.15, 0.2) is 6.23 Å². The molecule has 0 radical (unpaired) electrons. The quantitative estimate of drug-likeness (QED) is 0.0679. The van der Waals surface area contributed by atoms with Crippen LogP contribution < -0.4 is 31.3 Å². The van der Waals surface area contributed by atoms with Crippen molar-refractivity contribution in [3.8, 4) is 33.8 Å². The lowest BCUT2D eigenvalue weighted by Gasteiger charge is -2.34. The molecule has 7 rings (SSSR count). The fraction of sp³-hybridized carbons (Fsp3) is 0.466. The minimum absolute atomic E-state index is 0.00973. The number of rotatable bonds is 14. The Morgan fingerprint density at radius 2 is 1.16 bits per heavy atom. The highest BCUT2D eigenvalue weighted by atomic mass is 16.5. The van der Waals surface area contributed by atoms with Gasteiger partial charge in [0.25, 0.3) is 5.91 Å². The highest BCUT2D eigenvalue weighted by molar-refractivity contribution is 6.00. The summed E-state index contributed by atoms with van der Waals surface area (Å²) in [5, 5.41) is 111. The average Bonchev–Trinajstić information content (AvgIpc) is 4.06. The number of nitrogens with zero attached hydrogens (tertiary/aromatic N) is 2. The van der Waals surface area contributed by atoms with E-state index in [1.54, 1.807) is 12.1 Å². The van der Waals surface area contributed by atoms with Gasteiger partial charge in [0.05, 0.1) is 31.0 Å². The molecule has 4 aromatic rings. The summed E-state index contributed by atoms with van der Waals surface area (Å²) in [6, 6.07) is 14.7. The highest BCUT2D eigenvalue weighted by Gasteiger charge is 2.50. The molecule has 24 nitrogen and oxygen atoms in total. The van der Waals surface area contributed by atoms with E-state index in [9.17, 15) is 79.5 Å². The maximum Gasteiger partial charge on any atom is 0.251 e. The Morgan fingerprint density at radius 1 is 0.634 bits per heavy atom. The van der Waals surface area contributed by atoms with Gasteiger partial charge in [-0.1, -0.05) is 87.4 Å². The van der Waals surface area contributed by atoms with Crippen molar-refractivity contribution in [2.45, 2.75) is 145 Å². The number of carbonyl (C=O) groups is 7. The van der Waals surface area contributed by atoms with Crippen LogP contribution >= 0.6 is 0 Å². The number of aromatic hydroxyl groups is 1. The predicted octanol–water partition coefficient (Wildman–Crippen LogP) is -0.927. The molecule has 0 saturated carbocycles. The lowest BCUT2D eigenvalue weighted by Crippen LogP contribution is -2.64. The first-order chi connectivity index (χ1) is 39.0. The first-order valence-corrected chi connectivity index (χ1v) is 27.3. The van der Waals surface area contributed by atoms with E-state index in [2.05, 4.69) is 33.5 Å². The molecular formula is C58H73N7O17. The molecule has 14 N–H and O–H groups in total. The van der Waals surface area contributed by atoms with Gasteiger partial charge in [-0.2, -0.15) is 0 Å². The smallest absolute Gasteiger partial charge is 0.251 e. The maximum absolute atomic E-state index is 14.5. The molecule has 4 aromatic carbocycles. The fourth-order valence-electron chi connectivity index (χ4n) is 10.2. The van der Waals surface area contributed by atoms with E-state index in [4.69, 9.17) is 4.74 Å². The third-order valence-electron chi connectivity index (χ3n) is 15.0. The van der Waals surface area contributed by atoms with Gasteiger partial charge in [0.2, 0.25) is 35.4 Å². The summed E-state index contributed by atoms with van der Waals surface area (Å²) in [6.07, 6.45) is -13.6. The molecule has 3 saturated heterocycles. The Morgan fingerprint density at radius 3 is 1.72 bits per heavy atom. The van der Waals surface area contributed by atoms with E-state index < -0.39 is 152 Å². The van der Waals surface area contributed by atoms with Crippen LogP contribution in [0.25, 0.3) is 22.3 Å². The first kappa shape index (κ1) is 62.1. The third kappa shape index (κ3) is 14.7. The average molecular weight is 1140 g/mol. The molecule has 3 heterocycles. The molecule has 3 fully saturated rings. The van der Waals surface area contributed by atoms with Crippen LogP contribution in [-0.4, -0.2) is 196 Å². The van der Waals surface area contributed by atoms with Gasteiger partial charge in [0.1, 0.15) is 66.1 Å². The van der Waals surface area contributed by atoms with E-state index in [0.29, 0.717) is 12.2 Å². The number of benzene rings is 4. The summed E-state index contributed by atoms with van der Waals surface area (Å²) in [6.45, 7) is 5.47. The molecule has 0 bridgehead atoms. The number of nitrogens with one attached hydrogen (secondary N) is 5. The molecule has 3 aliphatic heterocycles. The fourth-order valence-corrected chi connectivity index (χ4v) is 10.2. The summed E-state index contributed by atoms with van der Waals surface area (Å²) in [7, 11) is 0. The molecule has 0 aromatic heterocycles. The van der Waals surface area contributed by atoms with Crippen molar-refractivity contribution in [3.05, 3.63) is 108 Å². The Balaban J connectivity index is 1.18. The highest BCUT2D eigenvalue weighted by Crippen LogP contribution is 2.30. The number of aliphatic hydroxyl groups is 8. The standard InChI is InChI=1S/C58H73N7O17/c1-5-6-7-24-82-40-22-18-35(19-23-40)33-10-8-32(9-11-33)34-12-14-37(15-13-34)51(74)59-41-26-43(70)54(77)63-56(79)47-48(71)29(2)27-65(47)58(81)45(31(4)67)61-55(78)46(50(73)49(72)36-16-20-38(68)21-17-36)62-53(76)42-25-39(69)28-64(42)57(80)44(30(3)66)60-52(41)75/h8-23,29-31,39,41-50,54,66-73,77H,5-7,24-28H2,1-4H3,(H,59,74)(H,60,75)(H,61,78)(H,62,76)(H,63,79)/t29-,30+,31+,39+,41?,42-,43+,44-,45-,46-,47-,48-,49-,50-,54+/m0/s1. The number of hydrogen-bond donors (Lipinski definition) is 14. The van der Waals surface area contributed by atoms with Crippen LogP contribution in [0.3, 0.4) is 0 Å². The molecule has 442 valence electrons. The van der Waals surface area contributed by atoms with Crippen molar-refractivity contribution in [1.29, 1.82) is 0 Å². The number of ether oxygens (including phenoxy) is 1. The topological polar surface area (TPSA) is 377 Å². The van der Waals surface area contributed by atoms with Crippen molar-refractivity contribution < 1.29 is 84.3 Å². The van der Waals surface area contributed by atoms with Gasteiger partial charge < -0.3 is 87.1 Å². The van der Waals surface area contributed by atoms with Gasteiger partial charge in [0, 0.05) is 37.4 Å². The Kier molecular flexibility index (Phi) is 20.8. The summed E-state index contributed by atoms with van der Waals surface area (Å²) >= 11 is 0. The minimum Gasteiger partial charge on any atom is -0.508 e. The molecule has 7 amide bonds. The van der Waals surface area contributed by atoms with Crippen molar-refractivity contribution in [3.63, 3.8) is 0 Å². The normalized spacial score (nSPS) is 27.5. The van der Waals surface area contributed by atoms with Crippen LogP contribution in [0, 0.1) is 5.92 Å². The van der Waals surface area contributed by atoms with Gasteiger partial charge in [-0.15, -0.1) is 0 Å². The van der Waals surface area contributed by atoms with Crippen LogP contribution in [0.5, 0.6) is 11.5 Å². The number of phenols is 1. The third-order valence-corrected chi connectivity index (χ3v) is 15.0. The van der Waals surface area contributed by atoms with Gasteiger partial charge in [-0.3, -0.25) is 33.6 Å². The number of phenolic OH excluding ortho intramolecular Hbond substituents is 1. The molecule has 15 atom stereocenters. The van der Waals surface area contributed by atoms with E-state index in [1.807, 2.05) is 48.5 Å². The zero-order chi connectivity index (χ0) is 59.7. The van der Waals surface area contributed by atoms with Crippen molar-refractivity contribution in [2.75, 3.05) is 19.7 Å². The Labute approximate surface area is 473 Å². The van der Waals surface area contributed by atoms with Gasteiger partial charge in [-0.05, 0) is 84.5 Å². The van der Waals surface area contributed by atoms with Crippen molar-refractivity contribution in [1.82, 2.24) is 36.4 Å². The van der Waals surface area contributed by atoms with Crippen molar-refractivity contribution in [2.24, 2.45) is 5.92 Å². The summed E-state index contributed by atoms with van der Waals surface area (Å²) < 4.78 is 5.84. The number of hydrogen-bond acceptors (Lipinski definition) is 17. The number of carbonyl (C=O) groups excluding carboxylic acids is 7. The molecule has 1 unspecified atom stereocenters. The van der Waals surface area contributed by atoms with Gasteiger partial charge in [-0.25, -0.2) is 0 Å². The Bertz CT molecular complexity index is 2880. The van der Waals surface area contributed by atoms with E-state index >= 15 is 0 Å². The maximum atomic E-state index is 14.5. The first-order valence-electron chi connectivity index (χ1n) is 27.3. The predicted molar refractivity (Wildman–Crippen MR) is 293 cm³/mol. The number of aliphatic hydroxyl groups excluding tert-OH is 8. The molecular weight excluding hydrogens is 1070 g/mol. The molecule has 3 aliphatic rings. The molecule has 24 heteroatoms. The monoisotopic (exact) mass is 1140 g/mol. The number of fused-ring (bicyclic) bond motifs is 2. The molecule has 82 heavy (non-hydrogen) atoms. The minimum atomic E-state index is -2.29. The van der Waals surface area contributed by atoms with E-state index in [1.165, 1.54) is 31.2 Å². The van der Waals surface area contributed by atoms with Crippen LogP contribution in [0.15, 0.2) is 97.1 Å². The lowest BCUT2D eigenvalue weighted by atomic mass is 9.96. The van der Waals surface area contributed by atoms with E-state index in [-0.39, 0.29) is 23.4 Å². The second-order valence-electron chi connectivity index (χ2n) is 21.3. The number of amides is 7. The molecule has 0 aliphatic carbocycles. The van der Waals surface area contributed by atoms with Crippen molar-refractivity contribution >= 4 is 41.4 Å². The SMILES string of the molecule is CCCCCOc1ccc(-c2ccc(-c3ccc(C(=O)NC4C[C@@H](O)[C@@H](O)NC(=O)[C@@H]5[C@@H](O)[C@@H](C)CN5C(=O)[C@H]([C@@H](C)O)NC(=O)[C@H]([C@H](O)[C@@H](O)c5ccc(O)cc5)NC(=O)[C@@H]5C[C@@H](O)CN5C(=O)[C@H]([C@@H](C)O)NC4=O)cc3)cc2)cc1. The second-order valence-corrected chi connectivity index (χ2v) is 21.3. The zero-order valence-electron chi connectivity index (χ0n) is 45.7. The number of unbranched alkanes of at least 4 members (excludes halogenated alkanes) is 2. The summed E-state index contributed by atoms with van der Waals surface area (Å²) in [4.78, 5) is 102. The van der Waals surface area contributed by atoms with Crippen LogP contribution in [0.1, 0.15) is 81.8 Å². The van der Waals surface area contributed by atoms with Gasteiger partial charge >= 0.3 is 0 Å². The van der Waals surface area contributed by atoms with Crippen LogP contribution in [0.4, 0.5) is 0 Å². The summed E-state index contributed by atoms with van der Waals surface area (Å²) in [5.41, 5.74) is 3.37. The second kappa shape index (κ2) is 27.5. The van der Waals surface area contributed by atoms with E-state index in [0.717, 1.165) is 77.5 Å². The largest absolute Gasteiger partial charge is 0.508 e. The van der Waals surface area contributed by atoms with Crippen LogP contribution in [-0.2, 0) is 28.8 Å². The molecule has 0 spiro atoms. The van der Waals surface area contributed by atoms with Crippen LogP contribution in [0.2, 0.25) is 0 Å². The summed E-state index contributed by atoms with van der Waals surface area (Å²) in [5.74, 6) is -8.67. The zero-order valence-corrected chi connectivity index (χ0v) is 45.7. The Hall–Kier alpha value is -7.55.